The quantitative estimate of drug-likeness (QED) is 0.879. The fourth-order valence-corrected chi connectivity index (χ4v) is 2.59. The molecule has 0 spiro atoms. The number of rotatable bonds is 4. The van der Waals surface area contributed by atoms with E-state index in [1.807, 2.05) is 13.1 Å². The zero-order valence-electron chi connectivity index (χ0n) is 11.6. The van der Waals surface area contributed by atoms with Gasteiger partial charge in [0, 0.05) is 31.4 Å². The van der Waals surface area contributed by atoms with Gasteiger partial charge in [0.15, 0.2) is 0 Å². The first-order chi connectivity index (χ1) is 8.58. The van der Waals surface area contributed by atoms with Crippen molar-refractivity contribution >= 4 is 5.82 Å². The summed E-state index contributed by atoms with van der Waals surface area (Å²) in [7, 11) is 4.26. The minimum absolute atomic E-state index is 0.0581. The predicted octanol–water partition coefficient (Wildman–Crippen LogP) is 1.63. The number of pyridine rings is 1. The summed E-state index contributed by atoms with van der Waals surface area (Å²) >= 11 is 0. The lowest BCUT2D eigenvalue weighted by atomic mass is 10.1. The van der Waals surface area contributed by atoms with E-state index in [9.17, 15) is 0 Å². The van der Waals surface area contributed by atoms with E-state index in [0.29, 0.717) is 6.04 Å². The van der Waals surface area contributed by atoms with Gasteiger partial charge in [-0.1, -0.05) is 6.07 Å². The lowest BCUT2D eigenvalue weighted by Gasteiger charge is -2.28. The summed E-state index contributed by atoms with van der Waals surface area (Å²) in [5, 5.41) is 0. The van der Waals surface area contributed by atoms with E-state index in [0.717, 1.165) is 24.5 Å². The predicted molar refractivity (Wildman–Crippen MR) is 75.8 cm³/mol. The van der Waals surface area contributed by atoms with Gasteiger partial charge in [0.2, 0.25) is 0 Å². The molecule has 2 heterocycles. The Hall–Kier alpha value is -1.13. The molecule has 0 aromatic carbocycles. The molecule has 1 aromatic heterocycles. The van der Waals surface area contributed by atoms with Crippen molar-refractivity contribution in [1.82, 2.24) is 9.88 Å². The third-order valence-corrected chi connectivity index (χ3v) is 3.54. The topological polar surface area (TPSA) is 45.4 Å². The average Bonchev–Trinajstić information content (AvgIpc) is 2.76. The van der Waals surface area contributed by atoms with Crippen LogP contribution in [0.3, 0.4) is 0 Å². The molecule has 1 aliphatic heterocycles. The Kier molecular flexibility index (Phi) is 4.19. The molecule has 1 unspecified atom stereocenters. The minimum Gasteiger partial charge on any atom is -0.352 e. The molecule has 1 aromatic rings. The van der Waals surface area contributed by atoms with Gasteiger partial charge in [0.1, 0.15) is 5.82 Å². The van der Waals surface area contributed by atoms with Crippen LogP contribution in [-0.4, -0.2) is 43.1 Å². The summed E-state index contributed by atoms with van der Waals surface area (Å²) < 4.78 is 0. The Morgan fingerprint density at radius 1 is 1.50 bits per heavy atom. The Labute approximate surface area is 110 Å². The molecule has 2 atom stereocenters. The number of aromatic nitrogens is 1. The van der Waals surface area contributed by atoms with Crippen LogP contribution in [0.25, 0.3) is 0 Å². The molecule has 2 N–H and O–H groups in total. The maximum atomic E-state index is 5.85. The van der Waals surface area contributed by atoms with Gasteiger partial charge in [0.25, 0.3) is 0 Å². The minimum atomic E-state index is 0.0581. The highest BCUT2D eigenvalue weighted by Gasteiger charge is 2.25. The highest BCUT2D eigenvalue weighted by Crippen LogP contribution is 2.24. The molecule has 1 aliphatic rings. The summed E-state index contributed by atoms with van der Waals surface area (Å²) in [6.45, 7) is 4.20. The summed E-state index contributed by atoms with van der Waals surface area (Å²) in [5.41, 5.74) is 6.95. The van der Waals surface area contributed by atoms with Gasteiger partial charge in [-0.05, 0) is 45.5 Å². The second kappa shape index (κ2) is 5.67. The number of hydrogen-bond acceptors (Lipinski definition) is 4. The largest absolute Gasteiger partial charge is 0.352 e. The Bertz CT molecular complexity index is 372. The van der Waals surface area contributed by atoms with Crippen molar-refractivity contribution in [2.75, 3.05) is 32.1 Å². The smallest absolute Gasteiger partial charge is 0.128 e. The van der Waals surface area contributed by atoms with Crippen LogP contribution in [0.2, 0.25) is 0 Å². The van der Waals surface area contributed by atoms with Gasteiger partial charge < -0.3 is 15.5 Å². The number of likely N-dealkylation sites (N-methyl/N-ethyl adjacent to an activating group) is 1. The third-order valence-electron chi connectivity index (χ3n) is 3.54. The Balaban J connectivity index is 2.10. The standard InChI is InChI=1S/C14H24N4/c1-11(15)12-6-7-14(16-9-12)18-8-4-5-13(18)10-17(2)3/h6-7,9,11,13H,4-5,8,10,15H2,1-3H3/t11-,13?/m1/s1. The lowest BCUT2D eigenvalue weighted by Crippen LogP contribution is -2.38. The van der Waals surface area contributed by atoms with Crippen LogP contribution in [0.15, 0.2) is 18.3 Å². The second-order valence-corrected chi connectivity index (χ2v) is 5.49. The van der Waals surface area contributed by atoms with Crippen molar-refractivity contribution in [2.24, 2.45) is 5.73 Å². The summed E-state index contributed by atoms with van der Waals surface area (Å²) in [4.78, 5) is 9.24. The van der Waals surface area contributed by atoms with Gasteiger partial charge in [-0.15, -0.1) is 0 Å². The molecule has 0 bridgehead atoms. The summed E-state index contributed by atoms with van der Waals surface area (Å²) in [5.74, 6) is 1.09. The van der Waals surface area contributed by atoms with E-state index in [2.05, 4.69) is 41.0 Å². The molecule has 18 heavy (non-hydrogen) atoms. The van der Waals surface area contributed by atoms with E-state index in [1.165, 1.54) is 12.8 Å². The molecule has 1 fully saturated rings. The molecule has 0 saturated carbocycles. The van der Waals surface area contributed by atoms with Crippen LogP contribution in [0.5, 0.6) is 0 Å². The van der Waals surface area contributed by atoms with Crippen molar-refractivity contribution < 1.29 is 0 Å². The zero-order valence-corrected chi connectivity index (χ0v) is 11.6. The van der Waals surface area contributed by atoms with Crippen LogP contribution < -0.4 is 10.6 Å². The maximum absolute atomic E-state index is 5.85. The molecule has 0 radical (unpaired) electrons. The molecular formula is C14H24N4. The first-order valence-corrected chi connectivity index (χ1v) is 6.71. The van der Waals surface area contributed by atoms with Crippen molar-refractivity contribution in [3.63, 3.8) is 0 Å². The normalized spacial score (nSPS) is 21.6. The van der Waals surface area contributed by atoms with E-state index < -0.39 is 0 Å². The molecule has 4 nitrogen and oxygen atoms in total. The second-order valence-electron chi connectivity index (χ2n) is 5.49. The van der Waals surface area contributed by atoms with Crippen LogP contribution in [0.4, 0.5) is 5.82 Å². The van der Waals surface area contributed by atoms with Crippen LogP contribution in [0.1, 0.15) is 31.4 Å². The van der Waals surface area contributed by atoms with E-state index in [4.69, 9.17) is 5.73 Å². The van der Waals surface area contributed by atoms with Gasteiger partial charge in [-0.2, -0.15) is 0 Å². The maximum Gasteiger partial charge on any atom is 0.128 e. The number of hydrogen-bond donors (Lipinski definition) is 1. The van der Waals surface area contributed by atoms with Crippen molar-refractivity contribution in [3.05, 3.63) is 23.9 Å². The van der Waals surface area contributed by atoms with E-state index in [1.54, 1.807) is 0 Å². The lowest BCUT2D eigenvalue weighted by molar-refractivity contribution is 0.371. The fourth-order valence-electron chi connectivity index (χ4n) is 2.59. The zero-order chi connectivity index (χ0) is 13.1. The molecule has 0 aliphatic carbocycles. The van der Waals surface area contributed by atoms with Crippen molar-refractivity contribution in [2.45, 2.75) is 31.8 Å². The van der Waals surface area contributed by atoms with Crippen molar-refractivity contribution in [1.29, 1.82) is 0 Å². The van der Waals surface area contributed by atoms with Gasteiger partial charge in [-0.3, -0.25) is 0 Å². The van der Waals surface area contributed by atoms with Crippen molar-refractivity contribution in [3.8, 4) is 0 Å². The first kappa shape index (κ1) is 13.3. The molecule has 4 heteroatoms. The third kappa shape index (κ3) is 3.00. The molecular weight excluding hydrogens is 224 g/mol. The van der Waals surface area contributed by atoms with Crippen LogP contribution in [0, 0.1) is 0 Å². The van der Waals surface area contributed by atoms with Crippen LogP contribution >= 0.6 is 0 Å². The molecule has 100 valence electrons. The monoisotopic (exact) mass is 248 g/mol. The van der Waals surface area contributed by atoms with E-state index in [-0.39, 0.29) is 6.04 Å². The highest BCUT2D eigenvalue weighted by atomic mass is 15.3. The molecule has 1 saturated heterocycles. The van der Waals surface area contributed by atoms with Gasteiger partial charge in [-0.25, -0.2) is 4.98 Å². The fraction of sp³-hybridized carbons (Fsp3) is 0.643. The number of nitrogens with zero attached hydrogens (tertiary/aromatic N) is 3. The number of anilines is 1. The average molecular weight is 248 g/mol. The van der Waals surface area contributed by atoms with Gasteiger partial charge in [0.05, 0.1) is 0 Å². The summed E-state index contributed by atoms with van der Waals surface area (Å²) in [6.07, 6.45) is 4.43. The molecule has 0 amide bonds. The van der Waals surface area contributed by atoms with E-state index >= 15 is 0 Å². The Morgan fingerprint density at radius 3 is 2.83 bits per heavy atom. The highest BCUT2D eigenvalue weighted by molar-refractivity contribution is 5.42. The SMILES string of the molecule is C[C@@H](N)c1ccc(N2CCCC2CN(C)C)nc1. The van der Waals surface area contributed by atoms with Crippen LogP contribution in [-0.2, 0) is 0 Å². The van der Waals surface area contributed by atoms with Gasteiger partial charge >= 0.3 is 0 Å². The first-order valence-electron chi connectivity index (χ1n) is 6.71. The molecule has 2 rings (SSSR count). The number of nitrogens with two attached hydrogens (primary N) is 1. The summed E-state index contributed by atoms with van der Waals surface area (Å²) in [6, 6.07) is 4.85. The Morgan fingerprint density at radius 2 is 2.28 bits per heavy atom.